The molecule has 1 saturated carbocycles. The van der Waals surface area contributed by atoms with Crippen molar-refractivity contribution >= 4 is 17.0 Å². The number of imidazole rings is 1. The van der Waals surface area contributed by atoms with E-state index in [-0.39, 0.29) is 6.61 Å². The first-order chi connectivity index (χ1) is 23.4. The minimum absolute atomic E-state index is 0.188. The van der Waals surface area contributed by atoms with Crippen molar-refractivity contribution in [2.45, 2.75) is 80.8 Å². The zero-order valence-corrected chi connectivity index (χ0v) is 27.5. The Labute approximate surface area is 280 Å². The number of rotatable bonds is 9. The largest absolute Gasteiger partial charge is 0.497 e. The molecule has 3 fully saturated rings. The second kappa shape index (κ2) is 11.7. The van der Waals surface area contributed by atoms with Crippen LogP contribution in [0.15, 0.2) is 97.6 Å². The van der Waals surface area contributed by atoms with Crippen LogP contribution in [-0.4, -0.2) is 61.4 Å². The van der Waals surface area contributed by atoms with Gasteiger partial charge in [-0.1, -0.05) is 79.7 Å². The lowest BCUT2D eigenvalue weighted by molar-refractivity contribution is -0.251. The molecule has 0 radical (unpaired) electrons. The summed E-state index contributed by atoms with van der Waals surface area (Å²) < 4.78 is 27.8. The van der Waals surface area contributed by atoms with Crippen LogP contribution >= 0.6 is 0 Å². The number of aliphatic hydroxyl groups excluding tert-OH is 1. The van der Waals surface area contributed by atoms with Gasteiger partial charge in [-0.2, -0.15) is 0 Å². The molecule has 1 aliphatic carbocycles. The highest BCUT2D eigenvalue weighted by molar-refractivity contribution is 5.84. The molecule has 1 spiro atoms. The first-order valence-electron chi connectivity index (χ1n) is 16.8. The molecule has 2 aromatic heterocycles. The van der Waals surface area contributed by atoms with Crippen LogP contribution in [0, 0.1) is 0 Å². The van der Waals surface area contributed by atoms with Crippen LogP contribution in [0.4, 0.5) is 5.82 Å². The van der Waals surface area contributed by atoms with Gasteiger partial charge in [-0.05, 0) is 55.0 Å². The monoisotopic (exact) mass is 647 g/mol. The average molecular weight is 648 g/mol. The van der Waals surface area contributed by atoms with E-state index in [1.165, 1.54) is 0 Å². The van der Waals surface area contributed by atoms with Gasteiger partial charge in [0, 0.05) is 12.8 Å². The van der Waals surface area contributed by atoms with E-state index in [0.29, 0.717) is 23.4 Å². The number of fused-ring (bicyclic) bond motifs is 2. The van der Waals surface area contributed by atoms with Crippen LogP contribution < -0.4 is 10.1 Å². The number of hydrogen-bond donors (Lipinski definition) is 2. The standard InChI is InChI=1S/C38H41N5O5/c1-4-36(23-44)33-35(2,48-37(46-33)21-11-12-22-37)34(47-36)43-25-41-30-31(39-24-40-32(30)43)42-38(26-13-7-5-8-14-26,27-15-9-6-10-16-27)28-17-19-29(45-3)20-18-28/h5-10,13-20,24-25,33-34,44H,4,11-12,21-23H2,1-3H3,(H,39,40,42)/t33-,34+,35+,36+/m0/s1. The normalized spacial score (nSPS) is 26.2. The Hall–Kier alpha value is -4.35. The summed E-state index contributed by atoms with van der Waals surface area (Å²) in [7, 11) is 1.67. The highest BCUT2D eigenvalue weighted by Gasteiger charge is 2.71. The molecule has 4 heterocycles. The lowest BCUT2D eigenvalue weighted by Gasteiger charge is -2.37. The molecular weight excluding hydrogens is 606 g/mol. The van der Waals surface area contributed by atoms with E-state index in [0.717, 1.165) is 48.1 Å². The highest BCUT2D eigenvalue weighted by atomic mass is 16.8. The molecule has 48 heavy (non-hydrogen) atoms. The van der Waals surface area contributed by atoms with E-state index in [1.807, 2.05) is 66.9 Å². The molecule has 5 aromatic rings. The van der Waals surface area contributed by atoms with Gasteiger partial charge in [-0.3, -0.25) is 4.57 Å². The molecule has 0 bridgehead atoms. The molecule has 2 saturated heterocycles. The van der Waals surface area contributed by atoms with Crippen LogP contribution in [0.25, 0.3) is 11.2 Å². The minimum atomic E-state index is -0.930. The van der Waals surface area contributed by atoms with E-state index >= 15 is 0 Å². The summed E-state index contributed by atoms with van der Waals surface area (Å²) in [6.45, 7) is 3.87. The Balaban J connectivity index is 1.27. The second-order valence-electron chi connectivity index (χ2n) is 13.3. The van der Waals surface area contributed by atoms with Gasteiger partial charge in [0.1, 0.15) is 34.9 Å². The Morgan fingerprint density at radius 1 is 0.896 bits per heavy atom. The van der Waals surface area contributed by atoms with Gasteiger partial charge in [-0.15, -0.1) is 0 Å². The van der Waals surface area contributed by atoms with E-state index in [2.05, 4.69) is 41.7 Å². The smallest absolute Gasteiger partial charge is 0.170 e. The molecule has 4 atom stereocenters. The zero-order chi connectivity index (χ0) is 33.0. The number of hydrogen-bond acceptors (Lipinski definition) is 9. The van der Waals surface area contributed by atoms with E-state index in [1.54, 1.807) is 19.8 Å². The summed E-state index contributed by atoms with van der Waals surface area (Å²) in [5.41, 5.74) is 1.55. The van der Waals surface area contributed by atoms with Crippen LogP contribution in [0.2, 0.25) is 0 Å². The quantitative estimate of drug-likeness (QED) is 0.177. The van der Waals surface area contributed by atoms with Crippen molar-refractivity contribution < 1.29 is 24.1 Å². The molecule has 3 aliphatic rings. The Bertz CT molecular complexity index is 1850. The molecule has 8 rings (SSSR count). The summed E-state index contributed by atoms with van der Waals surface area (Å²) in [6, 6.07) is 28.7. The van der Waals surface area contributed by atoms with E-state index in [4.69, 9.17) is 33.9 Å². The fourth-order valence-corrected chi connectivity index (χ4v) is 8.21. The Kier molecular flexibility index (Phi) is 7.52. The number of ether oxygens (including phenoxy) is 4. The molecule has 10 nitrogen and oxygen atoms in total. The maximum atomic E-state index is 10.7. The number of nitrogens with one attached hydrogen (secondary N) is 1. The number of aromatic nitrogens is 4. The van der Waals surface area contributed by atoms with Crippen LogP contribution in [0.1, 0.15) is 68.9 Å². The maximum absolute atomic E-state index is 10.7. The summed E-state index contributed by atoms with van der Waals surface area (Å²) >= 11 is 0. The number of nitrogens with zero attached hydrogens (tertiary/aromatic N) is 4. The van der Waals surface area contributed by atoms with E-state index < -0.39 is 34.9 Å². The van der Waals surface area contributed by atoms with Crippen LogP contribution in [-0.2, 0) is 19.7 Å². The molecule has 2 aliphatic heterocycles. The lowest BCUT2D eigenvalue weighted by atomic mass is 9.77. The molecule has 248 valence electrons. The molecule has 0 amide bonds. The van der Waals surface area contributed by atoms with Gasteiger partial charge >= 0.3 is 0 Å². The minimum Gasteiger partial charge on any atom is -0.497 e. The summed E-state index contributed by atoms with van der Waals surface area (Å²) in [5, 5.41) is 14.6. The van der Waals surface area contributed by atoms with Gasteiger partial charge in [0.15, 0.2) is 29.0 Å². The predicted octanol–water partition coefficient (Wildman–Crippen LogP) is 6.35. The van der Waals surface area contributed by atoms with Crippen molar-refractivity contribution in [3.8, 4) is 5.75 Å². The average Bonchev–Trinajstić information content (AvgIpc) is 3.90. The lowest BCUT2D eigenvalue weighted by Crippen LogP contribution is -2.49. The third-order valence-corrected chi connectivity index (χ3v) is 10.7. The number of anilines is 1. The predicted molar refractivity (Wildman–Crippen MR) is 180 cm³/mol. The molecule has 2 N–H and O–H groups in total. The van der Waals surface area contributed by atoms with Gasteiger partial charge in [0.25, 0.3) is 0 Å². The van der Waals surface area contributed by atoms with Crippen molar-refractivity contribution in [1.29, 1.82) is 0 Å². The SMILES string of the molecule is CC[C@]1(CO)O[C@@H](n2cnc3c(NC(c4ccccc4)(c4ccccc4)c4ccc(OC)cc4)ncnc32)[C@]2(C)OC3(CCCC3)O[C@H]12. The molecule has 10 heteroatoms. The molecule has 3 aromatic carbocycles. The van der Waals surface area contributed by atoms with Crippen molar-refractivity contribution in [1.82, 2.24) is 19.5 Å². The number of aliphatic hydroxyl groups is 1. The van der Waals surface area contributed by atoms with Crippen LogP contribution in [0.3, 0.4) is 0 Å². The number of benzene rings is 3. The highest BCUT2D eigenvalue weighted by Crippen LogP contribution is 2.59. The summed E-state index contributed by atoms with van der Waals surface area (Å²) in [4.78, 5) is 14.4. The Morgan fingerprint density at radius 3 is 2.15 bits per heavy atom. The first kappa shape index (κ1) is 31.0. The summed E-state index contributed by atoms with van der Waals surface area (Å²) in [5.74, 6) is 0.656. The van der Waals surface area contributed by atoms with E-state index in [9.17, 15) is 5.11 Å². The van der Waals surface area contributed by atoms with Crippen molar-refractivity contribution in [2.75, 3.05) is 19.0 Å². The fraction of sp³-hybridized carbons (Fsp3) is 0.395. The molecular formula is C38H41N5O5. The van der Waals surface area contributed by atoms with Crippen LogP contribution in [0.5, 0.6) is 5.75 Å². The summed E-state index contributed by atoms with van der Waals surface area (Å²) in [6.07, 6.45) is 6.49. The number of methoxy groups -OCH3 is 1. The third-order valence-electron chi connectivity index (χ3n) is 10.7. The first-order valence-corrected chi connectivity index (χ1v) is 16.8. The third kappa shape index (κ3) is 4.58. The second-order valence-corrected chi connectivity index (χ2v) is 13.3. The Morgan fingerprint density at radius 2 is 1.54 bits per heavy atom. The molecule has 0 unspecified atom stereocenters. The topological polar surface area (TPSA) is 113 Å². The van der Waals surface area contributed by atoms with Gasteiger partial charge in [0.05, 0.1) is 20.0 Å². The van der Waals surface area contributed by atoms with Gasteiger partial charge in [-0.25, -0.2) is 15.0 Å². The maximum Gasteiger partial charge on any atom is 0.170 e. The van der Waals surface area contributed by atoms with Gasteiger partial charge < -0.3 is 29.4 Å². The van der Waals surface area contributed by atoms with Crippen molar-refractivity contribution in [3.05, 3.63) is 114 Å². The zero-order valence-electron chi connectivity index (χ0n) is 27.5. The van der Waals surface area contributed by atoms with Crippen molar-refractivity contribution in [3.63, 3.8) is 0 Å². The van der Waals surface area contributed by atoms with Crippen molar-refractivity contribution in [2.24, 2.45) is 0 Å². The fourth-order valence-electron chi connectivity index (χ4n) is 8.21. The van der Waals surface area contributed by atoms with Gasteiger partial charge in [0.2, 0.25) is 0 Å².